The number of methoxy groups -OCH3 is 3. The molecule has 5 heteroatoms. The zero-order chi connectivity index (χ0) is 15.1. The summed E-state index contributed by atoms with van der Waals surface area (Å²) in [5, 5.41) is 0.528. The standard InChI is InChI=1S/C15H24ClNO3/c1-5-11(17)8-6-7-10-9-12(16)14(19-3)15(20-4)13(10)18-2/h9,11H,5-8,17H2,1-4H3. The van der Waals surface area contributed by atoms with Crippen LogP contribution in [0.4, 0.5) is 0 Å². The van der Waals surface area contributed by atoms with Crippen LogP contribution in [0.5, 0.6) is 17.2 Å². The molecule has 20 heavy (non-hydrogen) atoms. The Morgan fingerprint density at radius 1 is 1.10 bits per heavy atom. The van der Waals surface area contributed by atoms with E-state index in [0.29, 0.717) is 22.3 Å². The number of nitrogens with two attached hydrogens (primary N) is 1. The fraction of sp³-hybridized carbons (Fsp3) is 0.600. The first-order valence-corrected chi connectivity index (χ1v) is 7.19. The lowest BCUT2D eigenvalue weighted by Crippen LogP contribution is -2.18. The van der Waals surface area contributed by atoms with Crippen molar-refractivity contribution in [1.29, 1.82) is 0 Å². The minimum absolute atomic E-state index is 0.247. The van der Waals surface area contributed by atoms with Crippen molar-refractivity contribution in [3.05, 3.63) is 16.7 Å². The Morgan fingerprint density at radius 2 is 1.70 bits per heavy atom. The lowest BCUT2D eigenvalue weighted by molar-refractivity contribution is 0.322. The van der Waals surface area contributed by atoms with Crippen molar-refractivity contribution >= 4 is 11.6 Å². The summed E-state index contributed by atoms with van der Waals surface area (Å²) in [6.45, 7) is 2.10. The molecule has 0 amide bonds. The second-order valence-electron chi connectivity index (χ2n) is 4.68. The number of hydrogen-bond donors (Lipinski definition) is 1. The molecule has 0 aliphatic carbocycles. The predicted molar refractivity (Wildman–Crippen MR) is 82.3 cm³/mol. The molecule has 1 rings (SSSR count). The van der Waals surface area contributed by atoms with Gasteiger partial charge in [0.05, 0.1) is 26.4 Å². The Hall–Kier alpha value is -1.13. The van der Waals surface area contributed by atoms with Crippen molar-refractivity contribution in [3.63, 3.8) is 0 Å². The molecule has 0 aliphatic heterocycles. The molecule has 1 unspecified atom stereocenters. The summed E-state index contributed by atoms with van der Waals surface area (Å²) in [4.78, 5) is 0. The van der Waals surface area contributed by atoms with Gasteiger partial charge in [0.1, 0.15) is 0 Å². The van der Waals surface area contributed by atoms with Gasteiger partial charge in [-0.15, -0.1) is 0 Å². The summed E-state index contributed by atoms with van der Waals surface area (Å²) in [7, 11) is 4.75. The molecular weight excluding hydrogens is 278 g/mol. The van der Waals surface area contributed by atoms with Crippen LogP contribution in [0, 0.1) is 0 Å². The van der Waals surface area contributed by atoms with Crippen molar-refractivity contribution in [1.82, 2.24) is 0 Å². The Kier molecular flexibility index (Phi) is 6.96. The minimum Gasteiger partial charge on any atom is -0.492 e. The maximum atomic E-state index is 6.23. The van der Waals surface area contributed by atoms with E-state index < -0.39 is 0 Å². The van der Waals surface area contributed by atoms with Crippen LogP contribution < -0.4 is 19.9 Å². The topological polar surface area (TPSA) is 53.7 Å². The van der Waals surface area contributed by atoms with E-state index in [1.54, 1.807) is 21.3 Å². The van der Waals surface area contributed by atoms with E-state index in [0.717, 1.165) is 31.2 Å². The molecule has 0 saturated carbocycles. The largest absolute Gasteiger partial charge is 0.492 e. The highest BCUT2D eigenvalue weighted by atomic mass is 35.5. The molecule has 114 valence electrons. The molecule has 0 heterocycles. The molecule has 2 N–H and O–H groups in total. The Morgan fingerprint density at radius 3 is 2.20 bits per heavy atom. The first kappa shape index (κ1) is 16.9. The molecule has 1 aromatic rings. The van der Waals surface area contributed by atoms with Gasteiger partial charge >= 0.3 is 0 Å². The van der Waals surface area contributed by atoms with Gasteiger partial charge in [-0.05, 0) is 37.3 Å². The predicted octanol–water partition coefficient (Wildman–Crippen LogP) is 3.43. The second kappa shape index (κ2) is 8.22. The van der Waals surface area contributed by atoms with E-state index in [4.69, 9.17) is 31.5 Å². The highest BCUT2D eigenvalue weighted by Crippen LogP contribution is 2.45. The molecule has 0 aliphatic rings. The number of ether oxygens (including phenoxy) is 3. The van der Waals surface area contributed by atoms with E-state index in [1.807, 2.05) is 6.07 Å². The van der Waals surface area contributed by atoms with Crippen LogP contribution in [0.3, 0.4) is 0 Å². The van der Waals surface area contributed by atoms with Gasteiger partial charge in [0, 0.05) is 6.04 Å². The molecule has 1 atom stereocenters. The lowest BCUT2D eigenvalue weighted by atomic mass is 10.0. The normalized spacial score (nSPS) is 12.1. The molecule has 0 aromatic heterocycles. The van der Waals surface area contributed by atoms with Crippen molar-refractivity contribution in [2.24, 2.45) is 5.73 Å². The van der Waals surface area contributed by atoms with Crippen LogP contribution >= 0.6 is 11.6 Å². The van der Waals surface area contributed by atoms with Gasteiger partial charge in [0.2, 0.25) is 5.75 Å². The van der Waals surface area contributed by atoms with Crippen LogP contribution in [0.1, 0.15) is 31.7 Å². The molecule has 0 fully saturated rings. The highest BCUT2D eigenvalue weighted by Gasteiger charge is 2.19. The maximum Gasteiger partial charge on any atom is 0.205 e. The summed E-state index contributed by atoms with van der Waals surface area (Å²) in [6.07, 6.45) is 3.80. The smallest absolute Gasteiger partial charge is 0.205 e. The lowest BCUT2D eigenvalue weighted by Gasteiger charge is -2.17. The van der Waals surface area contributed by atoms with Crippen LogP contribution in [0.15, 0.2) is 6.07 Å². The summed E-state index contributed by atoms with van der Waals surface area (Å²) >= 11 is 6.23. The van der Waals surface area contributed by atoms with E-state index in [1.165, 1.54) is 0 Å². The first-order chi connectivity index (χ1) is 9.58. The fourth-order valence-electron chi connectivity index (χ4n) is 2.19. The number of halogens is 1. The number of hydrogen-bond acceptors (Lipinski definition) is 4. The van der Waals surface area contributed by atoms with Gasteiger partial charge in [-0.1, -0.05) is 18.5 Å². The third kappa shape index (κ3) is 3.93. The fourth-order valence-corrected chi connectivity index (χ4v) is 2.48. The maximum absolute atomic E-state index is 6.23. The molecule has 0 radical (unpaired) electrons. The van der Waals surface area contributed by atoms with Crippen LogP contribution in [0.25, 0.3) is 0 Å². The van der Waals surface area contributed by atoms with Crippen molar-refractivity contribution in [3.8, 4) is 17.2 Å². The summed E-state index contributed by atoms with van der Waals surface area (Å²) in [6, 6.07) is 2.12. The van der Waals surface area contributed by atoms with E-state index >= 15 is 0 Å². The monoisotopic (exact) mass is 301 g/mol. The third-order valence-corrected chi connectivity index (χ3v) is 3.66. The average molecular weight is 302 g/mol. The number of aryl methyl sites for hydroxylation is 1. The van der Waals surface area contributed by atoms with Gasteiger partial charge < -0.3 is 19.9 Å². The summed E-state index contributed by atoms with van der Waals surface area (Å²) in [5.41, 5.74) is 6.95. The van der Waals surface area contributed by atoms with Crippen LogP contribution in [0.2, 0.25) is 5.02 Å². The van der Waals surface area contributed by atoms with Gasteiger partial charge in [-0.25, -0.2) is 0 Å². The SMILES string of the molecule is CCC(N)CCCc1cc(Cl)c(OC)c(OC)c1OC. The molecule has 0 spiro atoms. The molecule has 0 saturated heterocycles. The molecule has 1 aromatic carbocycles. The second-order valence-corrected chi connectivity index (χ2v) is 5.09. The van der Waals surface area contributed by atoms with Crippen molar-refractivity contribution in [2.45, 2.75) is 38.6 Å². The highest BCUT2D eigenvalue weighted by molar-refractivity contribution is 6.32. The van der Waals surface area contributed by atoms with Crippen molar-refractivity contribution < 1.29 is 14.2 Å². The minimum atomic E-state index is 0.247. The van der Waals surface area contributed by atoms with Gasteiger partial charge in [0.25, 0.3) is 0 Å². The Bertz CT molecular complexity index is 438. The Balaban J connectivity index is 2.98. The summed E-state index contributed by atoms with van der Waals surface area (Å²) < 4.78 is 16.1. The zero-order valence-electron chi connectivity index (χ0n) is 12.7. The quantitative estimate of drug-likeness (QED) is 0.799. The molecule has 0 bridgehead atoms. The Labute approximate surface area is 126 Å². The van der Waals surface area contributed by atoms with E-state index in [2.05, 4.69) is 6.92 Å². The number of benzene rings is 1. The average Bonchev–Trinajstić information content (AvgIpc) is 2.46. The van der Waals surface area contributed by atoms with Gasteiger partial charge in [-0.3, -0.25) is 0 Å². The van der Waals surface area contributed by atoms with Gasteiger partial charge in [0.15, 0.2) is 11.5 Å². The van der Waals surface area contributed by atoms with Gasteiger partial charge in [-0.2, -0.15) is 0 Å². The third-order valence-electron chi connectivity index (χ3n) is 3.38. The number of rotatable bonds is 8. The van der Waals surface area contributed by atoms with Crippen molar-refractivity contribution in [2.75, 3.05) is 21.3 Å². The first-order valence-electron chi connectivity index (χ1n) is 6.81. The van der Waals surface area contributed by atoms with E-state index in [9.17, 15) is 0 Å². The van der Waals surface area contributed by atoms with Crippen LogP contribution in [-0.2, 0) is 6.42 Å². The zero-order valence-corrected chi connectivity index (χ0v) is 13.4. The molecular formula is C15H24ClNO3. The molecule has 4 nitrogen and oxygen atoms in total. The van der Waals surface area contributed by atoms with E-state index in [-0.39, 0.29) is 6.04 Å². The van der Waals surface area contributed by atoms with Crippen LogP contribution in [-0.4, -0.2) is 27.4 Å². The summed E-state index contributed by atoms with van der Waals surface area (Å²) in [5.74, 6) is 1.72.